The van der Waals surface area contributed by atoms with Crippen molar-refractivity contribution in [3.8, 4) is 0 Å². The van der Waals surface area contributed by atoms with Crippen molar-refractivity contribution in [2.24, 2.45) is 0 Å². The van der Waals surface area contributed by atoms with Gasteiger partial charge in [0.2, 0.25) is 0 Å². The third-order valence-electron chi connectivity index (χ3n) is 4.53. The fourth-order valence-corrected chi connectivity index (χ4v) is 4.44. The lowest BCUT2D eigenvalue weighted by molar-refractivity contribution is 0.321. The van der Waals surface area contributed by atoms with Crippen LogP contribution in [0.25, 0.3) is 0 Å². The monoisotopic (exact) mass is 335 g/mol. The number of hydrogen-bond acceptors (Lipinski definition) is 3. The molecule has 0 radical (unpaired) electrons. The second-order valence-electron chi connectivity index (χ2n) is 6.27. The van der Waals surface area contributed by atoms with Crippen LogP contribution in [0, 0.1) is 6.92 Å². The highest BCUT2D eigenvalue weighted by atomic mass is 32.2. The molecule has 2 heterocycles. The second kappa shape index (κ2) is 6.06. The minimum absolute atomic E-state index is 0.920. The molecule has 1 aromatic carbocycles. The minimum Gasteiger partial charge on any atom is -0.457 e. The van der Waals surface area contributed by atoms with Gasteiger partial charge >= 0.3 is 0 Å². The van der Waals surface area contributed by atoms with Gasteiger partial charge in [0.15, 0.2) is 0 Å². The minimum atomic E-state index is 0.920. The van der Waals surface area contributed by atoms with Crippen LogP contribution in [0.15, 0.2) is 81.2 Å². The van der Waals surface area contributed by atoms with E-state index in [0.717, 1.165) is 24.5 Å². The Labute approximate surface area is 147 Å². The molecule has 0 aromatic heterocycles. The standard InChI is InChI=1S/C21H21NOS/c1-4-22-18-11-14(2)9-10-20(18)24-21(22)13-16-12-15(3)17-7-5-6-8-19(17)23-16/h5-6,8-13H,4,7H2,1-3H3. The van der Waals surface area contributed by atoms with Crippen molar-refractivity contribution in [3.05, 3.63) is 81.8 Å². The first-order chi connectivity index (χ1) is 11.7. The molecule has 0 atom stereocenters. The zero-order valence-electron chi connectivity index (χ0n) is 14.3. The molecule has 0 fully saturated rings. The van der Waals surface area contributed by atoms with Gasteiger partial charge in [0.1, 0.15) is 11.5 Å². The molecule has 3 heteroatoms. The van der Waals surface area contributed by atoms with Crippen LogP contribution in [-0.2, 0) is 4.74 Å². The summed E-state index contributed by atoms with van der Waals surface area (Å²) in [6.45, 7) is 7.46. The van der Waals surface area contributed by atoms with Gasteiger partial charge in [0.25, 0.3) is 0 Å². The van der Waals surface area contributed by atoms with E-state index in [9.17, 15) is 0 Å². The summed E-state index contributed by atoms with van der Waals surface area (Å²) in [5, 5.41) is 1.23. The van der Waals surface area contributed by atoms with E-state index in [-0.39, 0.29) is 0 Å². The van der Waals surface area contributed by atoms with Crippen LogP contribution in [-0.4, -0.2) is 6.54 Å². The van der Waals surface area contributed by atoms with E-state index in [1.807, 2.05) is 11.8 Å². The molecule has 0 saturated carbocycles. The van der Waals surface area contributed by atoms with Crippen molar-refractivity contribution < 1.29 is 4.74 Å². The molecule has 1 aliphatic carbocycles. The second-order valence-corrected chi connectivity index (χ2v) is 7.34. The molecule has 4 rings (SSSR count). The maximum absolute atomic E-state index is 6.13. The smallest absolute Gasteiger partial charge is 0.131 e. The molecule has 0 spiro atoms. The Balaban J connectivity index is 1.69. The van der Waals surface area contributed by atoms with E-state index < -0.39 is 0 Å². The Morgan fingerprint density at radius 2 is 2.17 bits per heavy atom. The lowest BCUT2D eigenvalue weighted by Crippen LogP contribution is -2.17. The molecule has 122 valence electrons. The van der Waals surface area contributed by atoms with Crippen molar-refractivity contribution in [2.45, 2.75) is 32.1 Å². The summed E-state index contributed by atoms with van der Waals surface area (Å²) in [7, 11) is 0. The van der Waals surface area contributed by atoms with Crippen LogP contribution in [0.3, 0.4) is 0 Å². The SMILES string of the molecule is CCN1C(=CC2=CC(C)=C3CC=CC=C3O2)Sc2ccc(C)cc21. The third kappa shape index (κ3) is 2.63. The van der Waals surface area contributed by atoms with E-state index in [1.165, 1.54) is 32.3 Å². The fourth-order valence-electron chi connectivity index (χ4n) is 3.29. The molecule has 0 saturated heterocycles. The molecule has 2 nitrogen and oxygen atoms in total. The lowest BCUT2D eigenvalue weighted by atomic mass is 9.98. The van der Waals surface area contributed by atoms with Crippen LogP contribution in [0.5, 0.6) is 0 Å². The van der Waals surface area contributed by atoms with Gasteiger partial charge in [-0.05, 0) is 62.6 Å². The van der Waals surface area contributed by atoms with E-state index in [0.29, 0.717) is 0 Å². The molecule has 0 amide bonds. The quantitative estimate of drug-likeness (QED) is 0.673. The Hall–Kier alpha value is -2.13. The van der Waals surface area contributed by atoms with Crippen molar-refractivity contribution >= 4 is 17.4 Å². The summed E-state index contributed by atoms with van der Waals surface area (Å²) in [6.07, 6.45) is 11.6. The summed E-state index contributed by atoms with van der Waals surface area (Å²) in [6, 6.07) is 6.66. The highest BCUT2D eigenvalue weighted by Gasteiger charge is 2.25. The van der Waals surface area contributed by atoms with Crippen LogP contribution in [0.2, 0.25) is 0 Å². The maximum atomic E-state index is 6.13. The summed E-state index contributed by atoms with van der Waals surface area (Å²) in [4.78, 5) is 3.68. The average molecular weight is 335 g/mol. The number of hydrogen-bond donors (Lipinski definition) is 0. The predicted octanol–water partition coefficient (Wildman–Crippen LogP) is 5.84. The molecule has 0 unspecified atom stereocenters. The molecule has 1 aromatic rings. The van der Waals surface area contributed by atoms with Crippen molar-refractivity contribution in [3.63, 3.8) is 0 Å². The number of aryl methyl sites for hydroxylation is 1. The fraction of sp³-hybridized carbons (Fsp3) is 0.238. The van der Waals surface area contributed by atoms with Crippen molar-refractivity contribution in [1.29, 1.82) is 0 Å². The van der Waals surface area contributed by atoms with Gasteiger partial charge < -0.3 is 9.64 Å². The number of benzene rings is 1. The summed E-state index contributed by atoms with van der Waals surface area (Å²) < 4.78 is 6.13. The van der Waals surface area contributed by atoms with E-state index in [1.54, 1.807) is 0 Å². The zero-order valence-corrected chi connectivity index (χ0v) is 15.1. The van der Waals surface area contributed by atoms with Gasteiger partial charge in [-0.15, -0.1) is 0 Å². The van der Waals surface area contributed by atoms with Crippen LogP contribution >= 0.6 is 11.8 Å². The largest absolute Gasteiger partial charge is 0.457 e. The number of ether oxygens (including phenoxy) is 1. The molecule has 3 aliphatic rings. The third-order valence-corrected chi connectivity index (χ3v) is 5.65. The molecule has 24 heavy (non-hydrogen) atoms. The van der Waals surface area contributed by atoms with E-state index in [2.05, 4.69) is 74.3 Å². The number of nitrogens with zero attached hydrogens (tertiary/aromatic N) is 1. The summed E-state index contributed by atoms with van der Waals surface area (Å²) in [5.74, 6) is 1.91. The van der Waals surface area contributed by atoms with Gasteiger partial charge in [-0.3, -0.25) is 0 Å². The highest BCUT2D eigenvalue weighted by Crippen LogP contribution is 2.47. The predicted molar refractivity (Wildman–Crippen MR) is 102 cm³/mol. The zero-order chi connectivity index (χ0) is 16.7. The first kappa shape index (κ1) is 15.4. The van der Waals surface area contributed by atoms with E-state index >= 15 is 0 Å². The van der Waals surface area contributed by atoms with Crippen molar-refractivity contribution in [1.82, 2.24) is 0 Å². The van der Waals surface area contributed by atoms with Gasteiger partial charge in [0, 0.05) is 23.1 Å². The van der Waals surface area contributed by atoms with Gasteiger partial charge in [-0.1, -0.05) is 30.0 Å². The van der Waals surface area contributed by atoms with Crippen molar-refractivity contribution in [2.75, 3.05) is 11.4 Å². The Bertz CT molecular complexity index is 855. The number of rotatable bonds is 2. The van der Waals surface area contributed by atoms with Crippen LogP contribution in [0.4, 0.5) is 5.69 Å². The van der Waals surface area contributed by atoms with Gasteiger partial charge in [-0.2, -0.15) is 0 Å². The van der Waals surface area contributed by atoms with Crippen LogP contribution in [0.1, 0.15) is 25.8 Å². The summed E-state index contributed by atoms with van der Waals surface area (Å²) >= 11 is 1.82. The number of anilines is 1. The van der Waals surface area contributed by atoms with Gasteiger partial charge in [-0.25, -0.2) is 0 Å². The first-order valence-electron chi connectivity index (χ1n) is 8.40. The number of fused-ring (bicyclic) bond motifs is 2. The first-order valence-corrected chi connectivity index (χ1v) is 9.21. The lowest BCUT2D eigenvalue weighted by Gasteiger charge is -2.23. The molecule has 0 bridgehead atoms. The topological polar surface area (TPSA) is 12.5 Å². The molecule has 0 N–H and O–H groups in total. The molecular formula is C21H21NOS. The maximum Gasteiger partial charge on any atom is 0.131 e. The Kier molecular flexibility index (Phi) is 3.89. The van der Waals surface area contributed by atoms with Gasteiger partial charge in [0.05, 0.1) is 10.7 Å². The average Bonchev–Trinajstić information content (AvgIpc) is 2.91. The summed E-state index contributed by atoms with van der Waals surface area (Å²) in [5.41, 5.74) is 5.19. The Morgan fingerprint density at radius 3 is 3.00 bits per heavy atom. The Morgan fingerprint density at radius 1 is 1.29 bits per heavy atom. The van der Waals surface area contributed by atoms with Crippen LogP contribution < -0.4 is 4.90 Å². The normalized spacial score (nSPS) is 20.6. The number of thioether (sulfide) groups is 1. The van der Waals surface area contributed by atoms with E-state index in [4.69, 9.17) is 4.74 Å². The highest BCUT2D eigenvalue weighted by molar-refractivity contribution is 8.03. The molecule has 2 aliphatic heterocycles. The molecular weight excluding hydrogens is 314 g/mol. The number of allylic oxidation sites excluding steroid dienone is 7.